The van der Waals surface area contributed by atoms with Crippen LogP contribution in [0.1, 0.15) is 56.0 Å². The molecule has 0 saturated carbocycles. The molecule has 9 heteroatoms. The second-order valence-electron chi connectivity index (χ2n) is 12.1. The van der Waals surface area contributed by atoms with Gasteiger partial charge >= 0.3 is 35.7 Å². The largest absolute Gasteiger partial charge is 1.00 e. The Hall–Kier alpha value is -3.43. The number of aliphatic carboxylic acids is 1. The molecule has 1 fully saturated rings. The van der Waals surface area contributed by atoms with Gasteiger partial charge in [0.2, 0.25) is 0 Å². The van der Waals surface area contributed by atoms with Crippen LogP contribution in [-0.2, 0) is 21.5 Å². The van der Waals surface area contributed by atoms with Crippen molar-refractivity contribution < 1.29 is 49.0 Å². The summed E-state index contributed by atoms with van der Waals surface area (Å²) in [7, 11) is 0. The monoisotopic (exact) mass is 602 g/mol. The second-order valence-corrected chi connectivity index (χ2v) is 12.1. The Morgan fingerprint density at radius 2 is 1.45 bits per heavy atom. The van der Waals surface area contributed by atoms with Crippen molar-refractivity contribution in [2.75, 3.05) is 13.1 Å². The van der Waals surface area contributed by atoms with Crippen molar-refractivity contribution in [1.29, 1.82) is 0 Å². The van der Waals surface area contributed by atoms with Gasteiger partial charge in [0.1, 0.15) is 11.1 Å². The fourth-order valence-electron chi connectivity index (χ4n) is 6.08. The molecule has 0 radical (unpaired) electrons. The molecule has 1 aliphatic heterocycles. The first-order valence-corrected chi connectivity index (χ1v) is 14.8. The van der Waals surface area contributed by atoms with E-state index in [4.69, 9.17) is 9.72 Å². The summed E-state index contributed by atoms with van der Waals surface area (Å²) in [6.45, 7) is 6.42. The van der Waals surface area contributed by atoms with Gasteiger partial charge in [-0.3, -0.25) is 4.90 Å². The molecule has 2 heterocycles. The average molecular weight is 603 g/mol. The Bertz CT molecular complexity index is 1410. The molecule has 1 saturated heterocycles. The molecule has 0 unspecified atom stereocenters. The molecule has 0 bridgehead atoms. The predicted octanol–water partition coefficient (Wildman–Crippen LogP) is 1.38. The molecule has 8 nitrogen and oxygen atoms in total. The third-order valence-electron chi connectivity index (χ3n) is 7.89. The maximum atomic E-state index is 12.5. The molecule has 1 N–H and O–H groups in total. The Labute approximate surface area is 281 Å². The number of carbonyl (C=O) groups is 2. The van der Waals surface area contributed by atoms with Crippen molar-refractivity contribution in [3.8, 4) is 0 Å². The number of piperidine rings is 1. The summed E-state index contributed by atoms with van der Waals surface area (Å²) in [5.74, 6) is -1.16. The van der Waals surface area contributed by atoms with Crippen LogP contribution >= 0.6 is 0 Å². The van der Waals surface area contributed by atoms with E-state index in [1.165, 1.54) is 0 Å². The Morgan fingerprint density at radius 1 is 0.932 bits per heavy atom. The van der Waals surface area contributed by atoms with E-state index in [9.17, 15) is 14.7 Å². The van der Waals surface area contributed by atoms with E-state index in [0.717, 1.165) is 29.5 Å². The summed E-state index contributed by atoms with van der Waals surface area (Å²) >= 11 is 0. The summed E-state index contributed by atoms with van der Waals surface area (Å²) in [6, 6.07) is 29.7. The molecule has 44 heavy (non-hydrogen) atoms. The van der Waals surface area contributed by atoms with E-state index >= 15 is 0 Å². The number of rotatable bonds is 9. The van der Waals surface area contributed by atoms with E-state index in [1.807, 2.05) is 86.5 Å². The molecule has 0 aliphatic carbocycles. The standard InChI is InChI=1S/C35H40N4O4.Na/c1-34(2,3)43-33(42)37-29-20-13-21-38(23-29)31(32(40)41)22-30-24-39(25-36-30)35(26-14-7-4-8-15-26,27-16-9-5-10-17-27)28-18-11-6-12-19-28;/h4-12,14-19,24-25,29,31H,13,20-23H2,1-3H3,(H,37,42)(H,40,41);/q;+1/p-1/t29-,31-;/m0./s1. The number of carboxylic acids is 1. The molecule has 3 aromatic carbocycles. The van der Waals surface area contributed by atoms with Crippen LogP contribution < -0.4 is 40.0 Å². The minimum Gasteiger partial charge on any atom is -0.548 e. The molecular weight excluding hydrogens is 563 g/mol. The number of carbonyl (C=O) groups excluding carboxylic acids is 2. The number of carboxylic acid groups (broad SMARTS) is 1. The van der Waals surface area contributed by atoms with Crippen molar-refractivity contribution in [1.82, 2.24) is 19.8 Å². The zero-order chi connectivity index (χ0) is 30.5. The third-order valence-corrected chi connectivity index (χ3v) is 7.89. The summed E-state index contributed by atoms with van der Waals surface area (Å²) < 4.78 is 7.49. The van der Waals surface area contributed by atoms with Crippen molar-refractivity contribution in [3.05, 3.63) is 126 Å². The molecule has 5 rings (SSSR count). The predicted molar refractivity (Wildman–Crippen MR) is 163 cm³/mol. The zero-order valence-electron chi connectivity index (χ0n) is 26.0. The summed E-state index contributed by atoms with van der Waals surface area (Å²) in [4.78, 5) is 31.5. The number of hydrogen-bond acceptors (Lipinski definition) is 6. The summed E-state index contributed by atoms with van der Waals surface area (Å²) in [6.07, 6.45) is 4.90. The van der Waals surface area contributed by atoms with Crippen LogP contribution in [0.2, 0.25) is 0 Å². The zero-order valence-corrected chi connectivity index (χ0v) is 28.0. The topological polar surface area (TPSA) is 99.5 Å². The normalized spacial score (nSPS) is 16.4. The number of imidazole rings is 1. The van der Waals surface area contributed by atoms with Gasteiger partial charge in [0.25, 0.3) is 0 Å². The van der Waals surface area contributed by atoms with Crippen LogP contribution in [0.15, 0.2) is 104 Å². The van der Waals surface area contributed by atoms with E-state index in [0.29, 0.717) is 18.8 Å². The van der Waals surface area contributed by atoms with Gasteiger partial charge in [-0.15, -0.1) is 0 Å². The summed E-state index contributed by atoms with van der Waals surface area (Å²) in [5, 5.41) is 15.4. The smallest absolute Gasteiger partial charge is 0.548 e. The van der Waals surface area contributed by atoms with Crippen molar-refractivity contribution in [3.63, 3.8) is 0 Å². The van der Waals surface area contributed by atoms with Crippen LogP contribution in [0.4, 0.5) is 4.79 Å². The number of hydrogen-bond donors (Lipinski definition) is 1. The van der Waals surface area contributed by atoms with Gasteiger partial charge in [0.05, 0.1) is 24.0 Å². The minimum absolute atomic E-state index is 0. The summed E-state index contributed by atoms with van der Waals surface area (Å²) in [5.41, 5.74) is 2.46. The molecule has 2 atom stereocenters. The molecule has 4 aromatic rings. The molecule has 1 amide bonds. The first-order chi connectivity index (χ1) is 20.7. The molecular formula is C35H39N4NaO4. The van der Waals surface area contributed by atoms with Gasteiger partial charge in [0.15, 0.2) is 0 Å². The number of ether oxygens (including phenoxy) is 1. The second kappa shape index (κ2) is 14.6. The minimum atomic E-state index is -1.16. The van der Waals surface area contributed by atoms with E-state index in [-0.39, 0.29) is 42.0 Å². The molecule has 224 valence electrons. The quantitative estimate of drug-likeness (QED) is 0.230. The van der Waals surface area contributed by atoms with Gasteiger partial charge < -0.3 is 24.5 Å². The fraction of sp³-hybridized carbons (Fsp3) is 0.343. The van der Waals surface area contributed by atoms with E-state index in [2.05, 4.69) is 46.3 Å². The fourth-order valence-corrected chi connectivity index (χ4v) is 6.08. The SMILES string of the molecule is CC(C)(C)OC(=O)N[C@H]1CCCN([C@@H](Cc2cn(C(c3ccccc3)(c3ccccc3)c3ccccc3)cn2)C(=O)[O-])C1.[Na+]. The van der Waals surface area contributed by atoms with Gasteiger partial charge in [-0.1, -0.05) is 91.0 Å². The number of aromatic nitrogens is 2. The Morgan fingerprint density at radius 3 is 1.93 bits per heavy atom. The average Bonchev–Trinajstić information content (AvgIpc) is 3.46. The number of benzene rings is 3. The maximum Gasteiger partial charge on any atom is 1.00 e. The van der Waals surface area contributed by atoms with Crippen LogP contribution in [0, 0.1) is 0 Å². The van der Waals surface area contributed by atoms with Gasteiger partial charge in [-0.25, -0.2) is 9.78 Å². The number of alkyl carbamates (subject to hydrolysis) is 1. The third kappa shape index (κ3) is 7.61. The molecule has 1 aliphatic rings. The van der Waals surface area contributed by atoms with Crippen molar-refractivity contribution >= 4 is 12.1 Å². The van der Waals surface area contributed by atoms with Crippen LogP contribution in [-0.4, -0.2) is 57.3 Å². The van der Waals surface area contributed by atoms with Gasteiger partial charge in [0, 0.05) is 25.2 Å². The first-order valence-electron chi connectivity index (χ1n) is 14.8. The van der Waals surface area contributed by atoms with Gasteiger partial charge in [-0.05, 0) is 56.8 Å². The molecule has 0 spiro atoms. The molecule has 1 aromatic heterocycles. The van der Waals surface area contributed by atoms with E-state index < -0.39 is 29.2 Å². The van der Waals surface area contributed by atoms with Crippen LogP contribution in [0.3, 0.4) is 0 Å². The first kappa shape index (κ1) is 33.5. The Balaban J connectivity index is 0.00000442. The van der Waals surface area contributed by atoms with E-state index in [1.54, 1.807) is 6.33 Å². The number of likely N-dealkylation sites (tertiary alicyclic amines) is 1. The maximum absolute atomic E-state index is 12.5. The van der Waals surface area contributed by atoms with Crippen molar-refractivity contribution in [2.45, 2.75) is 63.3 Å². The number of amides is 1. The van der Waals surface area contributed by atoms with Crippen LogP contribution in [0.25, 0.3) is 0 Å². The van der Waals surface area contributed by atoms with Crippen LogP contribution in [0.5, 0.6) is 0 Å². The van der Waals surface area contributed by atoms with Crippen molar-refractivity contribution in [2.24, 2.45) is 0 Å². The van der Waals surface area contributed by atoms with Gasteiger partial charge in [-0.2, -0.15) is 0 Å². The number of nitrogens with zero attached hydrogens (tertiary/aromatic N) is 3. The number of nitrogens with one attached hydrogen (secondary N) is 1. The Kier molecular flexibility index (Phi) is 11.1.